The number of aromatic nitrogens is 2. The molecule has 0 atom stereocenters. The summed E-state index contributed by atoms with van der Waals surface area (Å²) in [5.41, 5.74) is 11.7. The molecular weight excluding hydrogens is 623 g/mol. The summed E-state index contributed by atoms with van der Waals surface area (Å²) in [6, 6.07) is 66.4. The van der Waals surface area contributed by atoms with E-state index in [1.807, 2.05) is 24.3 Å². The highest BCUT2D eigenvalue weighted by atomic mass is 16.3. The van der Waals surface area contributed by atoms with E-state index in [1.54, 1.807) is 0 Å². The zero-order valence-corrected chi connectivity index (χ0v) is 27.6. The van der Waals surface area contributed by atoms with Crippen LogP contribution in [0.1, 0.15) is 0 Å². The predicted molar refractivity (Wildman–Crippen MR) is 211 cm³/mol. The summed E-state index contributed by atoms with van der Waals surface area (Å²) in [7, 11) is 0. The molecule has 0 bridgehead atoms. The van der Waals surface area contributed by atoms with Crippen LogP contribution in [-0.4, -0.2) is 9.55 Å². The minimum Gasteiger partial charge on any atom is -0.436 e. The molecule has 0 spiro atoms. The Bertz CT molecular complexity index is 2810. The van der Waals surface area contributed by atoms with Gasteiger partial charge >= 0.3 is 0 Å². The van der Waals surface area contributed by atoms with Crippen molar-refractivity contribution < 1.29 is 4.42 Å². The number of oxazole rings is 1. The Balaban J connectivity index is 1.05. The summed E-state index contributed by atoms with van der Waals surface area (Å²) in [5, 5.41) is 5.00. The van der Waals surface area contributed by atoms with Crippen LogP contribution >= 0.6 is 0 Å². The van der Waals surface area contributed by atoms with Gasteiger partial charge in [-0.2, -0.15) is 0 Å². The smallest absolute Gasteiger partial charge is 0.227 e. The molecule has 0 saturated heterocycles. The SMILES string of the molecule is c1ccc(N(c2ccc(-c3nc4ccccc4o3)cc2)c2ccc(-n3c4ccccc4c4cc(-c5cccc6ccccc56)ccc43)cc2)cc1. The van der Waals surface area contributed by atoms with Crippen molar-refractivity contribution in [2.45, 2.75) is 0 Å². The van der Waals surface area contributed by atoms with E-state index in [2.05, 4.69) is 173 Å². The van der Waals surface area contributed by atoms with Gasteiger partial charge in [0.2, 0.25) is 5.89 Å². The quantitative estimate of drug-likeness (QED) is 0.179. The summed E-state index contributed by atoms with van der Waals surface area (Å²) >= 11 is 0. The molecule has 10 aromatic rings. The normalized spacial score (nSPS) is 11.5. The highest BCUT2D eigenvalue weighted by Crippen LogP contribution is 2.39. The molecule has 8 aromatic carbocycles. The number of nitrogens with zero attached hydrogens (tertiary/aromatic N) is 3. The first kappa shape index (κ1) is 29.0. The Hall–Kier alpha value is -6.91. The van der Waals surface area contributed by atoms with Crippen LogP contribution in [0.15, 0.2) is 192 Å². The number of hydrogen-bond donors (Lipinski definition) is 0. The van der Waals surface area contributed by atoms with Crippen LogP contribution in [0.2, 0.25) is 0 Å². The maximum Gasteiger partial charge on any atom is 0.227 e. The molecular formula is C47H31N3O. The number of benzene rings is 8. The lowest BCUT2D eigenvalue weighted by Crippen LogP contribution is -2.10. The van der Waals surface area contributed by atoms with Crippen LogP contribution in [0.4, 0.5) is 17.1 Å². The van der Waals surface area contributed by atoms with Gasteiger partial charge in [-0.05, 0) is 113 Å². The van der Waals surface area contributed by atoms with E-state index in [9.17, 15) is 0 Å². The van der Waals surface area contributed by atoms with Gasteiger partial charge in [0.15, 0.2) is 5.58 Å². The van der Waals surface area contributed by atoms with Crippen molar-refractivity contribution in [2.75, 3.05) is 4.90 Å². The van der Waals surface area contributed by atoms with Crippen molar-refractivity contribution in [3.63, 3.8) is 0 Å². The minimum atomic E-state index is 0.619. The van der Waals surface area contributed by atoms with Crippen LogP contribution < -0.4 is 4.90 Å². The van der Waals surface area contributed by atoms with Gasteiger partial charge in [-0.25, -0.2) is 4.98 Å². The van der Waals surface area contributed by atoms with Crippen molar-refractivity contribution in [3.8, 4) is 28.3 Å². The largest absolute Gasteiger partial charge is 0.436 e. The molecule has 0 amide bonds. The molecule has 0 radical (unpaired) electrons. The minimum absolute atomic E-state index is 0.619. The lowest BCUT2D eigenvalue weighted by Gasteiger charge is -2.26. The Labute approximate surface area is 295 Å². The third-order valence-corrected chi connectivity index (χ3v) is 9.82. The van der Waals surface area contributed by atoms with Gasteiger partial charge in [0.1, 0.15) is 5.52 Å². The molecule has 0 aliphatic rings. The van der Waals surface area contributed by atoms with Gasteiger partial charge in [-0.3, -0.25) is 0 Å². The lowest BCUT2D eigenvalue weighted by atomic mass is 9.97. The van der Waals surface area contributed by atoms with E-state index in [0.29, 0.717) is 5.89 Å². The number of anilines is 3. The van der Waals surface area contributed by atoms with Gasteiger partial charge in [0, 0.05) is 39.1 Å². The fourth-order valence-electron chi connectivity index (χ4n) is 7.42. The molecule has 0 aliphatic heterocycles. The van der Waals surface area contributed by atoms with Gasteiger partial charge in [0.25, 0.3) is 0 Å². The lowest BCUT2D eigenvalue weighted by molar-refractivity contribution is 0.620. The predicted octanol–water partition coefficient (Wildman–Crippen LogP) is 12.9. The van der Waals surface area contributed by atoms with Crippen LogP contribution in [0.3, 0.4) is 0 Å². The number of fused-ring (bicyclic) bond motifs is 5. The average Bonchev–Trinajstić information content (AvgIpc) is 3.78. The van der Waals surface area contributed by atoms with Crippen LogP contribution in [0.25, 0.3) is 71.9 Å². The fraction of sp³-hybridized carbons (Fsp3) is 0. The first-order valence-corrected chi connectivity index (χ1v) is 17.2. The van der Waals surface area contributed by atoms with Crippen LogP contribution in [0.5, 0.6) is 0 Å². The molecule has 2 aromatic heterocycles. The maximum atomic E-state index is 6.05. The second-order valence-electron chi connectivity index (χ2n) is 12.8. The van der Waals surface area contributed by atoms with Gasteiger partial charge < -0.3 is 13.9 Å². The highest BCUT2D eigenvalue weighted by Gasteiger charge is 2.17. The Morgan fingerprint density at radius 1 is 0.451 bits per heavy atom. The van der Waals surface area contributed by atoms with E-state index >= 15 is 0 Å². The van der Waals surface area contributed by atoms with Crippen LogP contribution in [-0.2, 0) is 0 Å². The van der Waals surface area contributed by atoms with Gasteiger partial charge in [-0.1, -0.05) is 97.1 Å². The third kappa shape index (κ3) is 4.96. The molecule has 0 saturated carbocycles. The molecule has 240 valence electrons. The summed E-state index contributed by atoms with van der Waals surface area (Å²) in [6.07, 6.45) is 0. The van der Waals surface area contributed by atoms with Crippen LogP contribution in [0, 0.1) is 0 Å². The van der Waals surface area contributed by atoms with Crippen molar-refractivity contribution in [3.05, 3.63) is 188 Å². The monoisotopic (exact) mass is 653 g/mol. The van der Waals surface area contributed by atoms with Crippen molar-refractivity contribution in [1.82, 2.24) is 9.55 Å². The fourth-order valence-corrected chi connectivity index (χ4v) is 7.42. The van der Waals surface area contributed by atoms with Crippen molar-refractivity contribution >= 4 is 60.7 Å². The van der Waals surface area contributed by atoms with E-state index in [4.69, 9.17) is 9.40 Å². The molecule has 0 unspecified atom stereocenters. The zero-order chi connectivity index (χ0) is 33.7. The molecule has 51 heavy (non-hydrogen) atoms. The number of rotatable bonds is 6. The van der Waals surface area contributed by atoms with Gasteiger partial charge in [-0.15, -0.1) is 0 Å². The molecule has 0 aliphatic carbocycles. The molecule has 0 N–H and O–H groups in total. The van der Waals surface area contributed by atoms with E-state index in [0.717, 1.165) is 39.4 Å². The Morgan fingerprint density at radius 2 is 1.08 bits per heavy atom. The van der Waals surface area contributed by atoms with Crippen molar-refractivity contribution in [2.24, 2.45) is 0 Å². The third-order valence-electron chi connectivity index (χ3n) is 9.82. The summed E-state index contributed by atoms with van der Waals surface area (Å²) in [4.78, 5) is 6.98. The summed E-state index contributed by atoms with van der Waals surface area (Å²) in [6.45, 7) is 0. The Kier molecular flexibility index (Phi) is 6.78. The summed E-state index contributed by atoms with van der Waals surface area (Å²) < 4.78 is 8.43. The van der Waals surface area contributed by atoms with E-state index in [1.165, 1.54) is 43.7 Å². The number of para-hydroxylation sites is 4. The molecule has 10 rings (SSSR count). The molecule has 2 heterocycles. The second-order valence-corrected chi connectivity index (χ2v) is 12.8. The summed E-state index contributed by atoms with van der Waals surface area (Å²) in [5.74, 6) is 0.619. The topological polar surface area (TPSA) is 34.2 Å². The Morgan fingerprint density at radius 3 is 1.90 bits per heavy atom. The van der Waals surface area contributed by atoms with E-state index < -0.39 is 0 Å². The first-order valence-electron chi connectivity index (χ1n) is 17.2. The molecule has 4 heteroatoms. The van der Waals surface area contributed by atoms with Gasteiger partial charge in [0.05, 0.1) is 11.0 Å². The first-order chi connectivity index (χ1) is 25.3. The van der Waals surface area contributed by atoms with E-state index in [-0.39, 0.29) is 0 Å². The molecule has 0 fully saturated rings. The standard InChI is InChI=1S/C47H31N3O/c1-2-13-35(14-3-1)49(36-24-21-33(22-25-36)47-48-43-18-7-9-20-46(43)51-47)37-26-28-38(29-27-37)50-44-19-8-6-16-41(44)42-31-34(23-30-45(42)50)40-17-10-12-32-11-4-5-15-39(32)40/h1-31H. The zero-order valence-electron chi connectivity index (χ0n) is 27.6. The maximum absolute atomic E-state index is 6.05. The van der Waals surface area contributed by atoms with Crippen molar-refractivity contribution in [1.29, 1.82) is 0 Å². The number of hydrogen-bond acceptors (Lipinski definition) is 3. The second kappa shape index (κ2) is 11.9. The highest BCUT2D eigenvalue weighted by molar-refractivity contribution is 6.11. The average molecular weight is 654 g/mol. The molecule has 4 nitrogen and oxygen atoms in total.